The smallest absolute Gasteiger partial charge is 0.273 e. The Morgan fingerprint density at radius 3 is 2.42 bits per heavy atom. The molecule has 0 saturated heterocycles. The number of carbonyl (C=O) groups excluding carboxylic acids is 1. The van der Waals surface area contributed by atoms with Crippen LogP contribution in [0.5, 0.6) is 0 Å². The van der Waals surface area contributed by atoms with Gasteiger partial charge in [-0.15, -0.1) is 5.10 Å². The lowest BCUT2D eigenvalue weighted by Gasteiger charge is -2.15. The number of benzene rings is 2. The highest BCUT2D eigenvalue weighted by Crippen LogP contribution is 2.18. The van der Waals surface area contributed by atoms with E-state index in [9.17, 15) is 4.79 Å². The number of para-hydroxylation sites is 1. The van der Waals surface area contributed by atoms with Gasteiger partial charge in [0.25, 0.3) is 5.91 Å². The van der Waals surface area contributed by atoms with Crippen LogP contribution in [0.1, 0.15) is 35.3 Å². The van der Waals surface area contributed by atoms with E-state index in [0.717, 1.165) is 12.1 Å². The lowest BCUT2D eigenvalue weighted by atomic mass is 9.96. The molecule has 1 amide bonds. The van der Waals surface area contributed by atoms with Crippen LogP contribution in [0.25, 0.3) is 5.69 Å². The molecule has 0 aliphatic rings. The van der Waals surface area contributed by atoms with Gasteiger partial charge < -0.3 is 5.32 Å². The number of carbonyl (C=O) groups is 1. The summed E-state index contributed by atoms with van der Waals surface area (Å²) in [5.74, 6) is 0.0888. The average Bonchev–Trinajstić information content (AvgIpc) is 3.14. The van der Waals surface area contributed by atoms with Crippen LogP contribution in [0.4, 0.5) is 0 Å². The Bertz CT molecular complexity index is 783. The van der Waals surface area contributed by atoms with Crippen molar-refractivity contribution in [3.63, 3.8) is 0 Å². The number of amides is 1. The van der Waals surface area contributed by atoms with E-state index in [0.29, 0.717) is 18.2 Å². The highest BCUT2D eigenvalue weighted by molar-refractivity contribution is 5.91. The molecule has 2 aromatic carbocycles. The Morgan fingerprint density at radius 2 is 1.75 bits per heavy atom. The predicted molar refractivity (Wildman–Crippen MR) is 93.2 cm³/mol. The second-order valence-electron chi connectivity index (χ2n) is 5.58. The molecule has 1 heterocycles. The summed E-state index contributed by atoms with van der Waals surface area (Å²) < 4.78 is 0. The Labute approximate surface area is 141 Å². The summed E-state index contributed by atoms with van der Waals surface area (Å²) in [7, 11) is 0. The second kappa shape index (κ2) is 7.55. The minimum Gasteiger partial charge on any atom is -0.350 e. The van der Waals surface area contributed by atoms with Gasteiger partial charge in [0.15, 0.2) is 5.69 Å². The molecule has 1 unspecified atom stereocenters. The molecule has 3 aromatic rings. The largest absolute Gasteiger partial charge is 0.350 e. The lowest BCUT2D eigenvalue weighted by Crippen LogP contribution is -2.28. The van der Waals surface area contributed by atoms with Gasteiger partial charge in [0.1, 0.15) is 0 Å². The van der Waals surface area contributed by atoms with Crippen molar-refractivity contribution in [2.45, 2.75) is 19.3 Å². The minimum absolute atomic E-state index is 0.202. The molecule has 122 valence electrons. The van der Waals surface area contributed by atoms with Gasteiger partial charge in [-0.05, 0) is 24.1 Å². The van der Waals surface area contributed by atoms with Gasteiger partial charge in [-0.1, -0.05) is 55.5 Å². The van der Waals surface area contributed by atoms with Crippen LogP contribution >= 0.6 is 0 Å². The zero-order valence-electron chi connectivity index (χ0n) is 13.6. The zero-order valence-corrected chi connectivity index (χ0v) is 13.6. The molecule has 0 bridgehead atoms. The van der Waals surface area contributed by atoms with Crippen molar-refractivity contribution in [1.29, 1.82) is 0 Å². The van der Waals surface area contributed by atoms with Gasteiger partial charge in [0, 0.05) is 12.5 Å². The number of nitrogens with one attached hydrogen (secondary N) is 1. The van der Waals surface area contributed by atoms with Gasteiger partial charge in [-0.3, -0.25) is 4.79 Å². The molecule has 1 aromatic heterocycles. The first-order valence-electron chi connectivity index (χ1n) is 8.09. The third-order valence-electron chi connectivity index (χ3n) is 3.98. The Hall–Kier alpha value is -2.95. The van der Waals surface area contributed by atoms with Crippen LogP contribution in [0.3, 0.4) is 0 Å². The molecule has 1 atom stereocenters. The van der Waals surface area contributed by atoms with Crippen LogP contribution in [-0.2, 0) is 0 Å². The van der Waals surface area contributed by atoms with Crippen molar-refractivity contribution in [2.75, 3.05) is 6.54 Å². The van der Waals surface area contributed by atoms with Crippen molar-refractivity contribution in [2.24, 2.45) is 0 Å². The normalized spacial score (nSPS) is 11.9. The maximum absolute atomic E-state index is 12.3. The molecule has 5 nitrogen and oxygen atoms in total. The third kappa shape index (κ3) is 3.68. The maximum Gasteiger partial charge on any atom is 0.273 e. The van der Waals surface area contributed by atoms with Gasteiger partial charge in [-0.2, -0.15) is 9.90 Å². The monoisotopic (exact) mass is 320 g/mol. The standard InChI is InChI=1S/C19H20N4O/c1-2-15(16-9-5-3-6-10-16)13-20-19(24)18-14-21-23(22-18)17-11-7-4-8-12-17/h3-12,14-15H,2,13H2,1H3,(H,20,24). The van der Waals surface area contributed by atoms with Crippen molar-refractivity contribution in [1.82, 2.24) is 20.3 Å². The summed E-state index contributed by atoms with van der Waals surface area (Å²) in [5, 5.41) is 11.4. The Morgan fingerprint density at radius 1 is 1.08 bits per heavy atom. The number of aromatic nitrogens is 3. The number of hydrogen-bond acceptors (Lipinski definition) is 3. The van der Waals surface area contributed by atoms with Gasteiger partial charge in [0.2, 0.25) is 0 Å². The fourth-order valence-electron chi connectivity index (χ4n) is 2.58. The third-order valence-corrected chi connectivity index (χ3v) is 3.98. The van der Waals surface area contributed by atoms with Crippen LogP contribution in [0.2, 0.25) is 0 Å². The van der Waals surface area contributed by atoms with Crippen LogP contribution in [0.15, 0.2) is 66.9 Å². The maximum atomic E-state index is 12.3. The highest BCUT2D eigenvalue weighted by atomic mass is 16.2. The first-order chi connectivity index (χ1) is 11.8. The summed E-state index contributed by atoms with van der Waals surface area (Å²) in [6.07, 6.45) is 2.45. The molecule has 0 aliphatic carbocycles. The van der Waals surface area contributed by atoms with Crippen molar-refractivity contribution < 1.29 is 4.79 Å². The fraction of sp³-hybridized carbons (Fsp3) is 0.211. The van der Waals surface area contributed by atoms with Crippen LogP contribution < -0.4 is 5.32 Å². The van der Waals surface area contributed by atoms with E-state index in [1.54, 1.807) is 0 Å². The van der Waals surface area contributed by atoms with Crippen LogP contribution in [-0.4, -0.2) is 27.4 Å². The topological polar surface area (TPSA) is 59.8 Å². The summed E-state index contributed by atoms with van der Waals surface area (Å²) in [6.45, 7) is 2.70. The first-order valence-corrected chi connectivity index (χ1v) is 8.09. The van der Waals surface area contributed by atoms with E-state index < -0.39 is 0 Å². The van der Waals surface area contributed by atoms with E-state index in [1.165, 1.54) is 16.6 Å². The summed E-state index contributed by atoms with van der Waals surface area (Å²) in [6, 6.07) is 19.7. The molecule has 0 saturated carbocycles. The molecule has 24 heavy (non-hydrogen) atoms. The number of nitrogens with zero attached hydrogens (tertiary/aromatic N) is 3. The molecular weight excluding hydrogens is 300 g/mol. The summed E-state index contributed by atoms with van der Waals surface area (Å²) >= 11 is 0. The fourth-order valence-corrected chi connectivity index (χ4v) is 2.58. The van der Waals surface area contributed by atoms with Gasteiger partial charge in [-0.25, -0.2) is 0 Å². The Kier molecular flexibility index (Phi) is 5.01. The second-order valence-corrected chi connectivity index (χ2v) is 5.58. The van der Waals surface area contributed by atoms with E-state index in [-0.39, 0.29) is 5.91 Å². The molecule has 0 fully saturated rings. The lowest BCUT2D eigenvalue weighted by molar-refractivity contribution is 0.0945. The minimum atomic E-state index is -0.202. The van der Waals surface area contributed by atoms with E-state index in [1.807, 2.05) is 48.5 Å². The predicted octanol–water partition coefficient (Wildman–Crippen LogP) is 3.19. The summed E-state index contributed by atoms with van der Waals surface area (Å²) in [5.41, 5.74) is 2.38. The molecule has 1 N–H and O–H groups in total. The molecule has 0 aliphatic heterocycles. The van der Waals surface area contributed by atoms with Gasteiger partial charge in [0.05, 0.1) is 11.9 Å². The molecule has 0 spiro atoms. The average molecular weight is 320 g/mol. The van der Waals surface area contributed by atoms with E-state index >= 15 is 0 Å². The summed E-state index contributed by atoms with van der Waals surface area (Å²) in [4.78, 5) is 13.8. The number of rotatable bonds is 6. The SMILES string of the molecule is CCC(CNC(=O)c1cnn(-c2ccccc2)n1)c1ccccc1. The molecule has 3 rings (SSSR count). The van der Waals surface area contributed by atoms with Crippen molar-refractivity contribution >= 4 is 5.91 Å². The van der Waals surface area contributed by atoms with Crippen molar-refractivity contribution in [3.8, 4) is 5.69 Å². The van der Waals surface area contributed by atoms with Gasteiger partial charge >= 0.3 is 0 Å². The van der Waals surface area contributed by atoms with Crippen molar-refractivity contribution in [3.05, 3.63) is 78.1 Å². The van der Waals surface area contributed by atoms with E-state index in [4.69, 9.17) is 0 Å². The molecular formula is C19H20N4O. The molecule has 0 radical (unpaired) electrons. The van der Waals surface area contributed by atoms with E-state index in [2.05, 4.69) is 34.6 Å². The zero-order chi connectivity index (χ0) is 16.8. The number of hydrogen-bond donors (Lipinski definition) is 1. The highest BCUT2D eigenvalue weighted by Gasteiger charge is 2.14. The van der Waals surface area contributed by atoms with Crippen LogP contribution in [0, 0.1) is 0 Å². The molecule has 5 heteroatoms. The first kappa shape index (κ1) is 15.9. The quantitative estimate of drug-likeness (QED) is 0.759. The Balaban J connectivity index is 1.64.